The SMILES string of the molecule is N#CCC[C@@]1(O)O[C@@H](CN=[N+]=[N-])[C@@H](O)[C@@H]1O. The molecular formula is C8H12N4O4. The molecule has 0 aliphatic carbocycles. The smallest absolute Gasteiger partial charge is 0.196 e. The summed E-state index contributed by atoms with van der Waals surface area (Å²) in [5, 5.41) is 40.4. The monoisotopic (exact) mass is 228 g/mol. The second-order valence-electron chi connectivity index (χ2n) is 3.51. The Morgan fingerprint density at radius 2 is 2.25 bits per heavy atom. The largest absolute Gasteiger partial charge is 0.387 e. The van der Waals surface area contributed by atoms with Gasteiger partial charge in [0.25, 0.3) is 0 Å². The molecule has 1 rings (SSSR count). The Morgan fingerprint density at radius 1 is 1.56 bits per heavy atom. The summed E-state index contributed by atoms with van der Waals surface area (Å²) >= 11 is 0. The lowest BCUT2D eigenvalue weighted by molar-refractivity contribution is -0.229. The fourth-order valence-corrected chi connectivity index (χ4v) is 1.58. The lowest BCUT2D eigenvalue weighted by atomic mass is 10.0. The van der Waals surface area contributed by atoms with Gasteiger partial charge in [-0.1, -0.05) is 5.11 Å². The van der Waals surface area contributed by atoms with Crippen LogP contribution in [0.15, 0.2) is 5.11 Å². The minimum absolute atomic E-state index is 0.0193. The number of hydrogen-bond acceptors (Lipinski definition) is 6. The van der Waals surface area contributed by atoms with E-state index in [0.29, 0.717) is 0 Å². The van der Waals surface area contributed by atoms with E-state index in [1.165, 1.54) is 0 Å². The van der Waals surface area contributed by atoms with Crippen molar-refractivity contribution >= 4 is 0 Å². The zero-order valence-electron chi connectivity index (χ0n) is 8.39. The van der Waals surface area contributed by atoms with Gasteiger partial charge in [0.15, 0.2) is 5.79 Å². The summed E-state index contributed by atoms with van der Waals surface area (Å²) in [6.07, 6.45) is -3.95. The van der Waals surface area contributed by atoms with Crippen LogP contribution in [0.4, 0.5) is 0 Å². The molecule has 1 saturated heterocycles. The Kier molecular flexibility index (Phi) is 4.06. The number of ether oxygens (including phenoxy) is 1. The molecule has 4 atom stereocenters. The van der Waals surface area contributed by atoms with E-state index in [1.807, 2.05) is 0 Å². The number of aliphatic hydroxyl groups is 3. The van der Waals surface area contributed by atoms with Gasteiger partial charge in [0.2, 0.25) is 0 Å². The molecule has 0 unspecified atom stereocenters. The maximum absolute atomic E-state index is 9.81. The number of aliphatic hydroxyl groups excluding tert-OH is 2. The Morgan fingerprint density at radius 3 is 2.81 bits per heavy atom. The van der Waals surface area contributed by atoms with Crippen LogP contribution in [0.1, 0.15) is 12.8 Å². The number of azide groups is 1. The lowest BCUT2D eigenvalue weighted by Crippen LogP contribution is -2.43. The summed E-state index contributed by atoms with van der Waals surface area (Å²) in [5.74, 6) is -1.95. The van der Waals surface area contributed by atoms with Crippen LogP contribution >= 0.6 is 0 Å². The molecule has 0 spiro atoms. The molecule has 1 heterocycles. The molecule has 3 N–H and O–H groups in total. The van der Waals surface area contributed by atoms with E-state index < -0.39 is 24.1 Å². The molecule has 8 heteroatoms. The van der Waals surface area contributed by atoms with Crippen molar-refractivity contribution in [1.29, 1.82) is 5.26 Å². The third-order valence-corrected chi connectivity index (χ3v) is 2.44. The van der Waals surface area contributed by atoms with Gasteiger partial charge >= 0.3 is 0 Å². The fraction of sp³-hybridized carbons (Fsp3) is 0.875. The minimum Gasteiger partial charge on any atom is -0.387 e. The Labute approximate surface area is 91.3 Å². The van der Waals surface area contributed by atoms with Crippen molar-refractivity contribution in [3.63, 3.8) is 0 Å². The molecule has 0 aromatic heterocycles. The van der Waals surface area contributed by atoms with Crippen LogP contribution < -0.4 is 0 Å². The van der Waals surface area contributed by atoms with Crippen molar-refractivity contribution in [2.45, 2.75) is 36.9 Å². The van der Waals surface area contributed by atoms with Gasteiger partial charge in [0.1, 0.15) is 12.2 Å². The maximum Gasteiger partial charge on any atom is 0.196 e. The molecule has 1 fully saturated rings. The molecule has 0 aromatic carbocycles. The second kappa shape index (κ2) is 5.12. The number of rotatable bonds is 4. The van der Waals surface area contributed by atoms with Gasteiger partial charge in [-0.3, -0.25) is 0 Å². The lowest BCUT2D eigenvalue weighted by Gasteiger charge is -2.24. The molecule has 0 aromatic rings. The normalized spacial score (nSPS) is 37.8. The molecule has 1 aliphatic rings. The van der Waals surface area contributed by atoms with E-state index >= 15 is 0 Å². The molecular weight excluding hydrogens is 216 g/mol. The Hall–Kier alpha value is -1.36. The van der Waals surface area contributed by atoms with Crippen molar-refractivity contribution in [2.24, 2.45) is 5.11 Å². The predicted molar refractivity (Wildman–Crippen MR) is 50.7 cm³/mol. The van der Waals surface area contributed by atoms with Crippen molar-refractivity contribution in [2.75, 3.05) is 6.54 Å². The Balaban J connectivity index is 2.70. The summed E-state index contributed by atoms with van der Waals surface area (Å²) in [4.78, 5) is 2.49. The van der Waals surface area contributed by atoms with Crippen LogP contribution in [0, 0.1) is 11.3 Å². The van der Waals surface area contributed by atoms with Crippen LogP contribution in [0.25, 0.3) is 10.4 Å². The third kappa shape index (κ3) is 2.41. The van der Waals surface area contributed by atoms with Gasteiger partial charge in [-0.05, 0) is 5.53 Å². The van der Waals surface area contributed by atoms with E-state index in [4.69, 9.17) is 15.5 Å². The highest BCUT2D eigenvalue weighted by atomic mass is 16.7. The molecule has 16 heavy (non-hydrogen) atoms. The Bertz CT molecular complexity index is 337. The van der Waals surface area contributed by atoms with Gasteiger partial charge in [0, 0.05) is 17.8 Å². The average Bonchev–Trinajstić information content (AvgIpc) is 2.49. The third-order valence-electron chi connectivity index (χ3n) is 2.44. The minimum atomic E-state index is -1.95. The predicted octanol–water partition coefficient (Wildman–Crippen LogP) is -0.590. The first-order valence-electron chi connectivity index (χ1n) is 4.69. The zero-order valence-corrected chi connectivity index (χ0v) is 8.39. The van der Waals surface area contributed by atoms with E-state index in [1.54, 1.807) is 6.07 Å². The first-order chi connectivity index (χ1) is 7.55. The van der Waals surface area contributed by atoms with Crippen molar-refractivity contribution < 1.29 is 20.1 Å². The molecule has 88 valence electrons. The van der Waals surface area contributed by atoms with Crippen LogP contribution in [0.3, 0.4) is 0 Å². The first kappa shape index (κ1) is 12.7. The molecule has 0 bridgehead atoms. The van der Waals surface area contributed by atoms with Gasteiger partial charge in [-0.25, -0.2) is 0 Å². The number of nitrogens with zero attached hydrogens (tertiary/aromatic N) is 4. The maximum atomic E-state index is 9.81. The van der Waals surface area contributed by atoms with E-state index in [2.05, 4.69) is 10.0 Å². The van der Waals surface area contributed by atoms with Crippen molar-refractivity contribution in [3.05, 3.63) is 10.4 Å². The molecule has 8 nitrogen and oxygen atoms in total. The highest BCUT2D eigenvalue weighted by Crippen LogP contribution is 2.32. The van der Waals surface area contributed by atoms with Crippen LogP contribution in [0.5, 0.6) is 0 Å². The average molecular weight is 228 g/mol. The molecule has 1 aliphatic heterocycles. The van der Waals surface area contributed by atoms with Gasteiger partial charge in [-0.15, -0.1) is 0 Å². The van der Waals surface area contributed by atoms with Gasteiger partial charge in [0.05, 0.1) is 18.7 Å². The van der Waals surface area contributed by atoms with Crippen LogP contribution in [-0.2, 0) is 4.74 Å². The summed E-state index contributed by atoms with van der Waals surface area (Å²) in [7, 11) is 0. The van der Waals surface area contributed by atoms with Crippen molar-refractivity contribution in [1.82, 2.24) is 0 Å². The second-order valence-corrected chi connectivity index (χ2v) is 3.51. The van der Waals surface area contributed by atoms with Crippen molar-refractivity contribution in [3.8, 4) is 6.07 Å². The summed E-state index contributed by atoms with van der Waals surface area (Å²) < 4.78 is 5.02. The van der Waals surface area contributed by atoms with E-state index in [0.717, 1.165) is 0 Å². The quantitative estimate of drug-likeness (QED) is 0.334. The summed E-state index contributed by atoms with van der Waals surface area (Å²) in [6.45, 7) is -0.191. The van der Waals surface area contributed by atoms with Crippen LogP contribution in [0.2, 0.25) is 0 Å². The van der Waals surface area contributed by atoms with Crippen LogP contribution in [-0.4, -0.2) is 46.0 Å². The number of hydrogen-bond donors (Lipinski definition) is 3. The van der Waals surface area contributed by atoms with Gasteiger partial charge < -0.3 is 20.1 Å². The highest BCUT2D eigenvalue weighted by Gasteiger charge is 2.52. The topological polar surface area (TPSA) is 142 Å². The van der Waals surface area contributed by atoms with E-state index in [-0.39, 0.29) is 19.4 Å². The molecule has 0 radical (unpaired) electrons. The van der Waals surface area contributed by atoms with E-state index in [9.17, 15) is 15.3 Å². The zero-order chi connectivity index (χ0) is 12.2. The summed E-state index contributed by atoms with van der Waals surface area (Å²) in [5.41, 5.74) is 8.10. The highest BCUT2D eigenvalue weighted by molar-refractivity contribution is 4.97. The first-order valence-corrected chi connectivity index (χ1v) is 4.69. The number of nitriles is 1. The van der Waals surface area contributed by atoms with Gasteiger partial charge in [-0.2, -0.15) is 5.26 Å². The standard InChI is InChI=1S/C8H12N4O4/c9-3-1-2-8(15)7(14)6(13)5(16-8)4-11-12-10/h5-7,13-15H,1-2,4H2/t5-,6+,7-,8+/m0/s1. The molecule has 0 amide bonds. The summed E-state index contributed by atoms with van der Waals surface area (Å²) in [6, 6.07) is 1.80. The molecule has 0 saturated carbocycles. The fourth-order valence-electron chi connectivity index (χ4n) is 1.58.